The van der Waals surface area contributed by atoms with Gasteiger partial charge in [-0.05, 0) is 89.9 Å². The normalized spacial score (nSPS) is 12.8. The smallest absolute Gasteiger partial charge is 0.305 e. The third-order valence-corrected chi connectivity index (χ3v) is 16.6. The standard InChI is InChI=1S/C74H139NO5/c1-3-5-7-9-11-13-15-17-19-35-39-42-46-50-54-58-62-66-72(77)71(70-76)75-73(78)67-63-59-55-51-47-43-40-36-33-31-29-27-25-23-21-20-22-24-26-28-30-32-34-37-41-45-49-53-57-61-65-69-80-74(79)68-64-60-56-52-48-44-38-18-16-14-12-10-8-6-4-2/h18,22,24,28,30,38,62,66,71-72,76-77H,3-17,19-21,23,25-27,29,31-37,39-61,63-65,67-70H2,1-2H3,(H,75,78)/b24-22-,30-28-,38-18-,66-62+. The number of carbonyl (C=O) groups excluding carboxylic acids is 2. The van der Waals surface area contributed by atoms with Crippen molar-refractivity contribution in [2.24, 2.45) is 0 Å². The lowest BCUT2D eigenvalue weighted by atomic mass is 10.0. The first-order valence-corrected chi connectivity index (χ1v) is 35.9. The fourth-order valence-corrected chi connectivity index (χ4v) is 11.1. The van der Waals surface area contributed by atoms with Gasteiger partial charge < -0.3 is 20.3 Å². The van der Waals surface area contributed by atoms with Gasteiger partial charge in [-0.3, -0.25) is 9.59 Å². The molecule has 6 heteroatoms. The third kappa shape index (κ3) is 65.0. The molecule has 0 aliphatic rings. The van der Waals surface area contributed by atoms with E-state index in [1.807, 2.05) is 6.08 Å². The fourth-order valence-electron chi connectivity index (χ4n) is 11.1. The van der Waals surface area contributed by atoms with E-state index < -0.39 is 12.1 Å². The van der Waals surface area contributed by atoms with Crippen molar-refractivity contribution >= 4 is 11.9 Å². The van der Waals surface area contributed by atoms with Crippen molar-refractivity contribution in [1.82, 2.24) is 5.32 Å². The SMILES string of the molecule is CCCCCCCC/C=C\CCCCCCCC(=O)OCCCCCCCCCCC/C=C\C/C=C\CCCCCCCCCCCCCCCCCC(=O)NC(CO)C(O)/C=C/CCCCCCCCCCCCCCCCC. The Kier molecular flexibility index (Phi) is 67.4. The van der Waals surface area contributed by atoms with Crippen molar-refractivity contribution in [1.29, 1.82) is 0 Å². The fraction of sp³-hybridized carbons (Fsp3) is 0.865. The number of carbonyl (C=O) groups is 2. The first-order chi connectivity index (χ1) is 39.5. The summed E-state index contributed by atoms with van der Waals surface area (Å²) in [5, 5.41) is 23.2. The van der Waals surface area contributed by atoms with Crippen LogP contribution in [0, 0.1) is 0 Å². The number of rotatable bonds is 67. The van der Waals surface area contributed by atoms with E-state index in [0.29, 0.717) is 19.4 Å². The molecule has 0 fully saturated rings. The maximum atomic E-state index is 12.5. The number of hydrogen-bond acceptors (Lipinski definition) is 5. The molecule has 0 aromatic carbocycles. The Balaban J connectivity index is 3.41. The van der Waals surface area contributed by atoms with Crippen molar-refractivity contribution < 1.29 is 24.5 Å². The third-order valence-electron chi connectivity index (χ3n) is 16.6. The van der Waals surface area contributed by atoms with E-state index in [2.05, 4.69) is 55.6 Å². The minimum Gasteiger partial charge on any atom is -0.466 e. The van der Waals surface area contributed by atoms with Crippen LogP contribution in [0.2, 0.25) is 0 Å². The minimum absolute atomic E-state index is 0.00510. The Morgan fingerprint density at radius 1 is 0.350 bits per heavy atom. The van der Waals surface area contributed by atoms with Gasteiger partial charge in [-0.1, -0.05) is 332 Å². The summed E-state index contributed by atoms with van der Waals surface area (Å²) in [5.41, 5.74) is 0. The molecule has 0 spiro atoms. The van der Waals surface area contributed by atoms with E-state index in [1.54, 1.807) is 6.08 Å². The molecule has 0 saturated carbocycles. The number of aliphatic hydroxyl groups excluding tert-OH is 2. The van der Waals surface area contributed by atoms with E-state index in [-0.39, 0.29) is 18.5 Å². The summed E-state index contributed by atoms with van der Waals surface area (Å²) in [6.07, 6.45) is 90.5. The zero-order chi connectivity index (χ0) is 57.8. The van der Waals surface area contributed by atoms with Crippen LogP contribution in [-0.2, 0) is 14.3 Å². The van der Waals surface area contributed by atoms with Gasteiger partial charge in [-0.15, -0.1) is 0 Å². The van der Waals surface area contributed by atoms with Gasteiger partial charge in [0.05, 0.1) is 25.4 Å². The topological polar surface area (TPSA) is 95.9 Å². The second-order valence-electron chi connectivity index (χ2n) is 24.6. The summed E-state index contributed by atoms with van der Waals surface area (Å²) < 4.78 is 5.49. The van der Waals surface area contributed by atoms with E-state index in [1.165, 1.54) is 308 Å². The van der Waals surface area contributed by atoms with Crippen molar-refractivity contribution in [3.63, 3.8) is 0 Å². The highest BCUT2D eigenvalue weighted by Crippen LogP contribution is 2.18. The van der Waals surface area contributed by atoms with E-state index >= 15 is 0 Å². The van der Waals surface area contributed by atoms with Crippen LogP contribution in [0.1, 0.15) is 386 Å². The number of nitrogens with one attached hydrogen (secondary N) is 1. The summed E-state index contributed by atoms with van der Waals surface area (Å²) in [5.74, 6) is -0.0599. The monoisotopic (exact) mass is 1120 g/mol. The Morgan fingerprint density at radius 3 is 0.963 bits per heavy atom. The number of amides is 1. The lowest BCUT2D eigenvalue weighted by molar-refractivity contribution is -0.143. The zero-order valence-corrected chi connectivity index (χ0v) is 53.8. The van der Waals surface area contributed by atoms with Crippen molar-refractivity contribution in [3.8, 4) is 0 Å². The maximum Gasteiger partial charge on any atom is 0.305 e. The Hall–Kier alpha value is -2.18. The number of ether oxygens (including phenoxy) is 1. The van der Waals surface area contributed by atoms with Crippen LogP contribution in [0.3, 0.4) is 0 Å². The van der Waals surface area contributed by atoms with E-state index in [0.717, 1.165) is 51.4 Å². The van der Waals surface area contributed by atoms with Gasteiger partial charge in [0, 0.05) is 12.8 Å². The van der Waals surface area contributed by atoms with Gasteiger partial charge in [0.15, 0.2) is 0 Å². The number of esters is 1. The molecule has 0 aliphatic carbocycles. The van der Waals surface area contributed by atoms with Crippen LogP contribution < -0.4 is 5.32 Å². The molecule has 0 heterocycles. The molecular formula is C74H139NO5. The molecule has 80 heavy (non-hydrogen) atoms. The first kappa shape index (κ1) is 77.8. The minimum atomic E-state index is -0.845. The molecule has 0 saturated heterocycles. The predicted octanol–water partition coefficient (Wildman–Crippen LogP) is 23.3. The van der Waals surface area contributed by atoms with Crippen molar-refractivity contribution in [2.45, 2.75) is 398 Å². The molecule has 2 atom stereocenters. The molecule has 0 rings (SSSR count). The predicted molar refractivity (Wildman–Crippen MR) is 352 cm³/mol. The van der Waals surface area contributed by atoms with E-state index in [4.69, 9.17) is 4.74 Å². The summed E-state index contributed by atoms with van der Waals surface area (Å²) in [6.45, 7) is 4.92. The highest BCUT2D eigenvalue weighted by atomic mass is 16.5. The van der Waals surface area contributed by atoms with Crippen LogP contribution in [0.4, 0.5) is 0 Å². The van der Waals surface area contributed by atoms with Gasteiger partial charge in [-0.25, -0.2) is 0 Å². The lowest BCUT2D eigenvalue weighted by Gasteiger charge is -2.20. The molecule has 3 N–H and O–H groups in total. The molecule has 470 valence electrons. The number of hydrogen-bond donors (Lipinski definition) is 3. The molecule has 0 aliphatic heterocycles. The molecule has 0 radical (unpaired) electrons. The van der Waals surface area contributed by atoms with Crippen molar-refractivity contribution in [2.75, 3.05) is 13.2 Å². The zero-order valence-electron chi connectivity index (χ0n) is 53.8. The molecule has 0 aromatic rings. The second kappa shape index (κ2) is 69.3. The summed E-state index contributed by atoms with van der Waals surface area (Å²) in [7, 11) is 0. The van der Waals surface area contributed by atoms with Crippen LogP contribution in [0.25, 0.3) is 0 Å². The number of aliphatic hydroxyl groups is 2. The average molecular weight is 1120 g/mol. The first-order valence-electron chi connectivity index (χ1n) is 35.9. The Morgan fingerprint density at radius 2 is 0.625 bits per heavy atom. The summed E-state index contributed by atoms with van der Waals surface area (Å²) in [6, 6.07) is -0.628. The van der Waals surface area contributed by atoms with Gasteiger partial charge >= 0.3 is 5.97 Å². The van der Waals surface area contributed by atoms with Gasteiger partial charge in [0.2, 0.25) is 5.91 Å². The molecule has 0 aromatic heterocycles. The lowest BCUT2D eigenvalue weighted by Crippen LogP contribution is -2.45. The summed E-state index contributed by atoms with van der Waals surface area (Å²) in [4.78, 5) is 24.6. The number of unbranched alkanes of at least 4 members (excludes halogenated alkanes) is 50. The van der Waals surface area contributed by atoms with Crippen molar-refractivity contribution in [3.05, 3.63) is 48.6 Å². The Labute approximate surface area is 499 Å². The molecule has 2 unspecified atom stereocenters. The molecule has 0 bridgehead atoms. The van der Waals surface area contributed by atoms with Crippen LogP contribution in [-0.4, -0.2) is 47.4 Å². The average Bonchev–Trinajstić information content (AvgIpc) is 3.46. The van der Waals surface area contributed by atoms with E-state index in [9.17, 15) is 19.8 Å². The van der Waals surface area contributed by atoms with Crippen LogP contribution in [0.5, 0.6) is 0 Å². The molecular weight excluding hydrogens is 983 g/mol. The van der Waals surface area contributed by atoms with Gasteiger partial charge in [0.25, 0.3) is 0 Å². The molecule has 6 nitrogen and oxygen atoms in total. The Bertz CT molecular complexity index is 1340. The maximum absolute atomic E-state index is 12.5. The summed E-state index contributed by atoms with van der Waals surface area (Å²) >= 11 is 0. The van der Waals surface area contributed by atoms with Crippen LogP contribution in [0.15, 0.2) is 48.6 Å². The second-order valence-corrected chi connectivity index (χ2v) is 24.6. The van der Waals surface area contributed by atoms with Gasteiger partial charge in [-0.2, -0.15) is 0 Å². The highest BCUT2D eigenvalue weighted by Gasteiger charge is 2.18. The molecule has 1 amide bonds. The van der Waals surface area contributed by atoms with Crippen LogP contribution >= 0.6 is 0 Å². The highest BCUT2D eigenvalue weighted by molar-refractivity contribution is 5.76. The largest absolute Gasteiger partial charge is 0.466 e. The van der Waals surface area contributed by atoms with Gasteiger partial charge in [0.1, 0.15) is 0 Å². The quantitative estimate of drug-likeness (QED) is 0.0320. The number of allylic oxidation sites excluding steroid dienone is 7.